The van der Waals surface area contributed by atoms with Crippen molar-refractivity contribution >= 4 is 6.09 Å². The fourth-order valence-corrected chi connectivity index (χ4v) is 4.70. The first-order valence-corrected chi connectivity index (χ1v) is 10.3. The molecule has 0 spiro atoms. The predicted molar refractivity (Wildman–Crippen MR) is 111 cm³/mol. The number of phenolic OH excluding ortho intramolecular Hbond substituents is 1. The lowest BCUT2D eigenvalue weighted by Gasteiger charge is -2.55. The van der Waals surface area contributed by atoms with Crippen molar-refractivity contribution < 1.29 is 14.6 Å². The molecule has 1 saturated heterocycles. The Hall–Kier alpha value is -1.79. The number of nitrogens with one attached hydrogen (secondary N) is 2. The molecule has 1 aromatic carbocycles. The SMILES string of the molecule is CN1CC[C@@]2(C)c3cc(O)ccc3C[C@@H]1[C@H]2NCCCNC(=O)OC(C)(C)C. The molecule has 1 amide bonds. The zero-order valence-corrected chi connectivity index (χ0v) is 17.8. The average Bonchev–Trinajstić information content (AvgIpc) is 2.59. The molecular formula is C22H35N3O3. The van der Waals surface area contributed by atoms with E-state index in [2.05, 4.69) is 35.6 Å². The third-order valence-electron chi connectivity index (χ3n) is 6.15. The van der Waals surface area contributed by atoms with Gasteiger partial charge in [-0.25, -0.2) is 4.79 Å². The highest BCUT2D eigenvalue weighted by atomic mass is 16.6. The molecule has 3 rings (SSSR count). The number of ether oxygens (including phenoxy) is 1. The molecule has 28 heavy (non-hydrogen) atoms. The van der Waals surface area contributed by atoms with Gasteiger partial charge in [-0.3, -0.25) is 0 Å². The summed E-state index contributed by atoms with van der Waals surface area (Å²) in [6.07, 6.45) is 2.53. The van der Waals surface area contributed by atoms with Crippen molar-refractivity contribution in [1.82, 2.24) is 15.5 Å². The van der Waals surface area contributed by atoms with E-state index in [9.17, 15) is 9.90 Å². The van der Waals surface area contributed by atoms with Crippen LogP contribution in [0.15, 0.2) is 18.2 Å². The number of hydrogen-bond acceptors (Lipinski definition) is 5. The zero-order chi connectivity index (χ0) is 20.5. The van der Waals surface area contributed by atoms with Gasteiger partial charge in [0.1, 0.15) is 11.4 Å². The van der Waals surface area contributed by atoms with E-state index < -0.39 is 5.60 Å². The minimum atomic E-state index is -0.472. The maximum atomic E-state index is 11.8. The highest BCUT2D eigenvalue weighted by molar-refractivity contribution is 5.67. The zero-order valence-electron chi connectivity index (χ0n) is 17.8. The summed E-state index contributed by atoms with van der Waals surface area (Å²) in [5.41, 5.74) is 2.16. The van der Waals surface area contributed by atoms with Crippen LogP contribution in [0.4, 0.5) is 4.79 Å². The molecule has 3 N–H and O–H groups in total. The van der Waals surface area contributed by atoms with Crippen LogP contribution in [0.2, 0.25) is 0 Å². The summed E-state index contributed by atoms with van der Waals surface area (Å²) in [7, 11) is 2.20. The number of piperidine rings is 1. The van der Waals surface area contributed by atoms with Crippen molar-refractivity contribution in [3.05, 3.63) is 29.3 Å². The Morgan fingerprint density at radius 2 is 2.11 bits per heavy atom. The lowest BCUT2D eigenvalue weighted by atomic mass is 9.61. The first-order chi connectivity index (χ1) is 13.1. The van der Waals surface area contributed by atoms with Gasteiger partial charge in [-0.1, -0.05) is 13.0 Å². The molecule has 0 unspecified atom stereocenters. The number of phenols is 1. The summed E-state index contributed by atoms with van der Waals surface area (Å²) >= 11 is 0. The van der Waals surface area contributed by atoms with Crippen molar-refractivity contribution in [3.8, 4) is 5.75 Å². The van der Waals surface area contributed by atoms with Crippen molar-refractivity contribution in [3.63, 3.8) is 0 Å². The number of carbonyl (C=O) groups excluding carboxylic acids is 1. The second-order valence-electron chi connectivity index (χ2n) is 9.48. The minimum Gasteiger partial charge on any atom is -0.508 e. The second-order valence-corrected chi connectivity index (χ2v) is 9.48. The molecule has 0 radical (unpaired) electrons. The predicted octanol–water partition coefficient (Wildman–Crippen LogP) is 2.78. The monoisotopic (exact) mass is 389 g/mol. The van der Waals surface area contributed by atoms with Crippen molar-refractivity contribution in [2.45, 2.75) is 70.1 Å². The van der Waals surface area contributed by atoms with Crippen LogP contribution in [0.25, 0.3) is 0 Å². The Labute approximate surface area is 168 Å². The van der Waals surface area contributed by atoms with E-state index in [1.54, 1.807) is 6.07 Å². The standard InChI is InChI=1S/C22H35N3O3/c1-21(2,3)28-20(27)24-11-6-10-23-19-18-13-15-7-8-16(26)14-17(15)22(19,4)9-12-25(18)5/h7-8,14,18-19,23,26H,6,9-13H2,1-5H3,(H,24,27)/t18-,19-,22+/m1/s1. The van der Waals surface area contributed by atoms with Gasteiger partial charge in [-0.2, -0.15) is 0 Å². The van der Waals surface area contributed by atoms with Crippen LogP contribution in [-0.2, 0) is 16.6 Å². The van der Waals surface area contributed by atoms with Crippen LogP contribution < -0.4 is 10.6 Å². The molecule has 2 bridgehead atoms. The molecule has 1 aliphatic carbocycles. The number of amides is 1. The lowest BCUT2D eigenvalue weighted by Crippen LogP contribution is -2.66. The van der Waals surface area contributed by atoms with E-state index in [4.69, 9.17) is 4.74 Å². The van der Waals surface area contributed by atoms with Gasteiger partial charge in [0.15, 0.2) is 0 Å². The number of carbonyl (C=O) groups is 1. The quantitative estimate of drug-likeness (QED) is 0.676. The number of hydrogen-bond donors (Lipinski definition) is 3. The number of alkyl carbamates (subject to hydrolysis) is 1. The van der Waals surface area contributed by atoms with E-state index in [-0.39, 0.29) is 11.5 Å². The molecule has 6 nitrogen and oxygen atoms in total. The molecular weight excluding hydrogens is 354 g/mol. The molecule has 1 heterocycles. The van der Waals surface area contributed by atoms with Gasteiger partial charge in [0.2, 0.25) is 0 Å². The Morgan fingerprint density at radius 3 is 2.82 bits per heavy atom. The topological polar surface area (TPSA) is 73.8 Å². The normalized spacial score (nSPS) is 27.2. The molecule has 1 fully saturated rings. The summed E-state index contributed by atoms with van der Waals surface area (Å²) < 4.78 is 5.27. The maximum Gasteiger partial charge on any atom is 0.407 e. The fraction of sp³-hybridized carbons (Fsp3) is 0.682. The van der Waals surface area contributed by atoms with E-state index >= 15 is 0 Å². The van der Waals surface area contributed by atoms with E-state index in [0.29, 0.717) is 24.4 Å². The van der Waals surface area contributed by atoms with E-state index in [1.165, 1.54) is 11.1 Å². The molecule has 156 valence electrons. The van der Waals surface area contributed by atoms with Gasteiger partial charge in [0.25, 0.3) is 0 Å². The van der Waals surface area contributed by atoms with Gasteiger partial charge < -0.3 is 25.4 Å². The van der Waals surface area contributed by atoms with Gasteiger partial charge in [0, 0.05) is 24.0 Å². The van der Waals surface area contributed by atoms with Crippen LogP contribution in [0.1, 0.15) is 51.7 Å². The van der Waals surface area contributed by atoms with Crippen molar-refractivity contribution in [1.29, 1.82) is 0 Å². The van der Waals surface area contributed by atoms with Gasteiger partial charge >= 0.3 is 6.09 Å². The smallest absolute Gasteiger partial charge is 0.407 e. The lowest BCUT2D eigenvalue weighted by molar-refractivity contribution is 0.0523. The van der Waals surface area contributed by atoms with Crippen LogP contribution in [-0.4, -0.2) is 60.5 Å². The molecule has 1 aliphatic heterocycles. The number of likely N-dealkylation sites (tertiary alicyclic amines) is 1. The highest BCUT2D eigenvalue weighted by Crippen LogP contribution is 2.45. The Kier molecular flexibility index (Phi) is 5.92. The first kappa shape index (κ1) is 20.9. The summed E-state index contributed by atoms with van der Waals surface area (Å²) in [6, 6.07) is 6.59. The molecule has 1 aromatic rings. The fourth-order valence-electron chi connectivity index (χ4n) is 4.70. The van der Waals surface area contributed by atoms with Crippen LogP contribution in [0.5, 0.6) is 5.75 Å². The van der Waals surface area contributed by atoms with Gasteiger partial charge in [-0.05, 0) is 83.4 Å². The van der Waals surface area contributed by atoms with E-state index in [0.717, 1.165) is 32.4 Å². The first-order valence-electron chi connectivity index (χ1n) is 10.3. The van der Waals surface area contributed by atoms with Gasteiger partial charge in [-0.15, -0.1) is 0 Å². The Morgan fingerprint density at radius 1 is 1.36 bits per heavy atom. The Bertz CT molecular complexity index is 715. The van der Waals surface area contributed by atoms with Crippen molar-refractivity contribution in [2.75, 3.05) is 26.7 Å². The van der Waals surface area contributed by atoms with Crippen LogP contribution in [0.3, 0.4) is 0 Å². The number of likely N-dealkylation sites (N-methyl/N-ethyl adjacent to an activating group) is 1. The highest BCUT2D eigenvalue weighted by Gasteiger charge is 2.49. The van der Waals surface area contributed by atoms with Gasteiger partial charge in [0.05, 0.1) is 0 Å². The number of benzene rings is 1. The van der Waals surface area contributed by atoms with Crippen LogP contribution >= 0.6 is 0 Å². The molecule has 6 heteroatoms. The third-order valence-corrected chi connectivity index (χ3v) is 6.15. The second kappa shape index (κ2) is 7.91. The largest absolute Gasteiger partial charge is 0.508 e. The molecule has 0 saturated carbocycles. The summed E-state index contributed by atoms with van der Waals surface area (Å²) in [5, 5.41) is 16.6. The number of fused-ring (bicyclic) bond motifs is 4. The Balaban J connectivity index is 1.60. The average molecular weight is 390 g/mol. The van der Waals surface area contributed by atoms with Crippen LogP contribution in [0, 0.1) is 0 Å². The number of rotatable bonds is 5. The van der Waals surface area contributed by atoms with E-state index in [1.807, 2.05) is 26.8 Å². The summed E-state index contributed by atoms with van der Waals surface area (Å²) in [5.74, 6) is 0.345. The molecule has 0 aromatic heterocycles. The maximum absolute atomic E-state index is 11.8. The summed E-state index contributed by atoms with van der Waals surface area (Å²) in [6.45, 7) is 10.4. The number of nitrogens with zero attached hydrogens (tertiary/aromatic N) is 1. The third kappa shape index (κ3) is 4.44. The molecule has 2 aliphatic rings. The minimum absolute atomic E-state index is 0.00208. The molecule has 3 atom stereocenters. The van der Waals surface area contributed by atoms with Crippen molar-refractivity contribution in [2.24, 2.45) is 0 Å². The number of aromatic hydroxyl groups is 1. The summed E-state index contributed by atoms with van der Waals surface area (Å²) in [4.78, 5) is 14.2.